The van der Waals surface area contributed by atoms with Crippen molar-refractivity contribution in [1.29, 1.82) is 0 Å². The second-order valence-electron chi connectivity index (χ2n) is 10.1. The Bertz CT molecular complexity index is 1750. The molecule has 0 unspecified atom stereocenters. The molecule has 1 N–H and O–H groups in total. The molecule has 0 spiro atoms. The normalized spacial score (nSPS) is 13.9. The summed E-state index contributed by atoms with van der Waals surface area (Å²) in [6.07, 6.45) is 3.59. The van der Waals surface area contributed by atoms with Crippen LogP contribution in [0.5, 0.6) is 17.2 Å². The molecule has 228 valence electrons. The van der Waals surface area contributed by atoms with Gasteiger partial charge in [0.1, 0.15) is 24.5 Å². The highest BCUT2D eigenvalue weighted by molar-refractivity contribution is 6.39. The fourth-order valence-electron chi connectivity index (χ4n) is 4.77. The lowest BCUT2D eigenvalue weighted by atomic mass is 10.0. The number of amides is 4. The Morgan fingerprint density at radius 2 is 1.58 bits per heavy atom. The molecule has 1 fully saturated rings. The molecule has 1 heterocycles. The number of hydrogen-bond donors (Lipinski definition) is 1. The SMILES string of the molecule is C=CCc1cc(/C=C2\C(=O)NC(=O)N(c3ccc(OCc4ccccc4)cc3)C2=O)cc(OCC)c1OCc1cccc(Cl)c1. The van der Waals surface area contributed by atoms with E-state index in [-0.39, 0.29) is 17.9 Å². The summed E-state index contributed by atoms with van der Waals surface area (Å²) in [5.41, 5.74) is 3.22. The minimum Gasteiger partial charge on any atom is -0.490 e. The average Bonchev–Trinajstić information content (AvgIpc) is 3.03. The van der Waals surface area contributed by atoms with Crippen molar-refractivity contribution in [2.24, 2.45) is 0 Å². The maximum absolute atomic E-state index is 13.6. The van der Waals surface area contributed by atoms with E-state index in [0.29, 0.717) is 47.5 Å². The van der Waals surface area contributed by atoms with E-state index in [9.17, 15) is 14.4 Å². The van der Waals surface area contributed by atoms with Crippen LogP contribution in [0.1, 0.15) is 29.2 Å². The molecule has 5 rings (SSSR count). The third-order valence-electron chi connectivity index (χ3n) is 6.85. The second kappa shape index (κ2) is 14.4. The quantitative estimate of drug-likeness (QED) is 0.101. The van der Waals surface area contributed by atoms with Crippen LogP contribution in [-0.2, 0) is 29.2 Å². The summed E-state index contributed by atoms with van der Waals surface area (Å²) in [4.78, 5) is 40.2. The number of ether oxygens (including phenoxy) is 3. The number of anilines is 1. The van der Waals surface area contributed by atoms with E-state index in [1.165, 1.54) is 6.08 Å². The summed E-state index contributed by atoms with van der Waals surface area (Å²) in [6, 6.07) is 26.2. The number of carbonyl (C=O) groups excluding carboxylic acids is 3. The molecule has 0 bridgehead atoms. The zero-order valence-electron chi connectivity index (χ0n) is 24.6. The van der Waals surface area contributed by atoms with E-state index in [2.05, 4.69) is 11.9 Å². The number of carbonyl (C=O) groups is 3. The molecular weight excluding hydrogens is 592 g/mol. The van der Waals surface area contributed by atoms with Gasteiger partial charge in [0.2, 0.25) is 0 Å². The fraction of sp³-hybridized carbons (Fsp3) is 0.139. The summed E-state index contributed by atoms with van der Waals surface area (Å²) < 4.78 is 17.9. The number of nitrogens with one attached hydrogen (secondary N) is 1. The first kappa shape index (κ1) is 31.1. The minimum atomic E-state index is -0.841. The molecule has 1 aliphatic heterocycles. The van der Waals surface area contributed by atoms with Gasteiger partial charge >= 0.3 is 6.03 Å². The largest absolute Gasteiger partial charge is 0.490 e. The molecule has 4 amide bonds. The molecular formula is C36H31ClN2O6. The molecule has 4 aromatic carbocycles. The summed E-state index contributed by atoms with van der Waals surface area (Å²) in [6.45, 7) is 6.67. The lowest BCUT2D eigenvalue weighted by Crippen LogP contribution is -2.54. The highest BCUT2D eigenvalue weighted by Crippen LogP contribution is 2.36. The summed E-state index contributed by atoms with van der Waals surface area (Å²) in [7, 11) is 0. The number of hydrogen-bond acceptors (Lipinski definition) is 6. The van der Waals surface area contributed by atoms with E-state index >= 15 is 0 Å². The maximum Gasteiger partial charge on any atom is 0.335 e. The number of barbiturate groups is 1. The molecule has 0 saturated carbocycles. The lowest BCUT2D eigenvalue weighted by molar-refractivity contribution is -0.122. The number of halogens is 1. The van der Waals surface area contributed by atoms with E-state index in [1.54, 1.807) is 48.5 Å². The highest BCUT2D eigenvalue weighted by Gasteiger charge is 2.37. The number of rotatable bonds is 12. The number of imide groups is 2. The molecule has 9 heteroatoms. The Morgan fingerprint density at radius 3 is 2.29 bits per heavy atom. The highest BCUT2D eigenvalue weighted by atomic mass is 35.5. The van der Waals surface area contributed by atoms with E-state index in [1.807, 2.05) is 55.5 Å². The van der Waals surface area contributed by atoms with Crippen LogP contribution in [0.15, 0.2) is 109 Å². The molecule has 45 heavy (non-hydrogen) atoms. The zero-order valence-corrected chi connectivity index (χ0v) is 25.4. The van der Waals surface area contributed by atoms with Crippen molar-refractivity contribution in [2.75, 3.05) is 11.5 Å². The monoisotopic (exact) mass is 622 g/mol. The van der Waals surface area contributed by atoms with Gasteiger partial charge in [-0.2, -0.15) is 0 Å². The van der Waals surface area contributed by atoms with Crippen molar-refractivity contribution in [3.63, 3.8) is 0 Å². The molecule has 1 aliphatic rings. The van der Waals surface area contributed by atoms with Gasteiger partial charge < -0.3 is 14.2 Å². The van der Waals surface area contributed by atoms with Gasteiger partial charge in [0.15, 0.2) is 11.5 Å². The first-order valence-electron chi connectivity index (χ1n) is 14.3. The Balaban J connectivity index is 1.40. The third-order valence-corrected chi connectivity index (χ3v) is 7.08. The van der Waals surface area contributed by atoms with Gasteiger partial charge in [-0.1, -0.05) is 60.1 Å². The summed E-state index contributed by atoms with van der Waals surface area (Å²) >= 11 is 6.13. The van der Waals surface area contributed by atoms with Crippen LogP contribution in [0.2, 0.25) is 5.02 Å². The van der Waals surface area contributed by atoms with Gasteiger partial charge in [-0.15, -0.1) is 6.58 Å². The van der Waals surface area contributed by atoms with Gasteiger partial charge in [0, 0.05) is 10.6 Å². The third kappa shape index (κ3) is 7.60. The molecule has 4 aromatic rings. The fourth-order valence-corrected chi connectivity index (χ4v) is 4.99. The predicted octanol–water partition coefficient (Wildman–Crippen LogP) is 7.29. The van der Waals surface area contributed by atoms with Crippen LogP contribution < -0.4 is 24.4 Å². The van der Waals surface area contributed by atoms with Crippen molar-refractivity contribution >= 4 is 41.2 Å². The average molecular weight is 623 g/mol. The van der Waals surface area contributed by atoms with Crippen molar-refractivity contribution in [3.8, 4) is 17.2 Å². The van der Waals surface area contributed by atoms with Gasteiger partial charge in [0.25, 0.3) is 11.8 Å². The first-order chi connectivity index (χ1) is 21.9. The molecule has 1 saturated heterocycles. The van der Waals surface area contributed by atoms with Crippen molar-refractivity contribution in [3.05, 3.63) is 137 Å². The van der Waals surface area contributed by atoms with Crippen LogP contribution in [0.4, 0.5) is 10.5 Å². The maximum atomic E-state index is 13.6. The summed E-state index contributed by atoms with van der Waals surface area (Å²) in [5, 5.41) is 2.87. The standard InChI is InChI=1S/C36H31ClN2O6/c1-3-9-27-18-26(21-32(43-4-2)33(27)45-23-25-12-8-13-28(37)19-25)20-31-34(40)38-36(42)39(35(31)41)29-14-16-30(17-15-29)44-22-24-10-6-5-7-11-24/h3,5-8,10-21H,1,4,9,22-23H2,2H3,(H,38,40,42)/b31-20+. The Kier molecular flexibility index (Phi) is 9.97. The topological polar surface area (TPSA) is 94.2 Å². The van der Waals surface area contributed by atoms with E-state index in [4.69, 9.17) is 25.8 Å². The van der Waals surface area contributed by atoms with Crippen LogP contribution in [0.3, 0.4) is 0 Å². The number of benzene rings is 4. The molecule has 0 atom stereocenters. The molecule has 0 aromatic heterocycles. The smallest absolute Gasteiger partial charge is 0.335 e. The van der Waals surface area contributed by atoms with Crippen LogP contribution in [0, 0.1) is 0 Å². The molecule has 0 aliphatic carbocycles. The lowest BCUT2D eigenvalue weighted by Gasteiger charge is -2.26. The first-order valence-corrected chi connectivity index (χ1v) is 14.7. The number of allylic oxidation sites excluding steroid dienone is 1. The van der Waals surface area contributed by atoms with Crippen LogP contribution >= 0.6 is 11.6 Å². The minimum absolute atomic E-state index is 0.210. The van der Waals surface area contributed by atoms with Crippen molar-refractivity contribution in [2.45, 2.75) is 26.6 Å². The summed E-state index contributed by atoms with van der Waals surface area (Å²) in [5.74, 6) is -0.0342. The predicted molar refractivity (Wildman–Crippen MR) is 174 cm³/mol. The zero-order chi connectivity index (χ0) is 31.8. The van der Waals surface area contributed by atoms with Crippen molar-refractivity contribution in [1.82, 2.24) is 5.32 Å². The van der Waals surface area contributed by atoms with E-state index in [0.717, 1.165) is 21.6 Å². The van der Waals surface area contributed by atoms with Crippen LogP contribution in [0.25, 0.3) is 6.08 Å². The van der Waals surface area contributed by atoms with Crippen molar-refractivity contribution < 1.29 is 28.6 Å². The number of nitrogens with zero attached hydrogens (tertiary/aromatic N) is 1. The van der Waals surface area contributed by atoms with Crippen LogP contribution in [-0.4, -0.2) is 24.5 Å². The number of urea groups is 1. The molecule has 8 nitrogen and oxygen atoms in total. The Hall–Kier alpha value is -5.34. The van der Waals surface area contributed by atoms with E-state index < -0.39 is 17.8 Å². The van der Waals surface area contributed by atoms with Gasteiger partial charge in [0.05, 0.1) is 12.3 Å². The second-order valence-corrected chi connectivity index (χ2v) is 10.5. The van der Waals surface area contributed by atoms with Gasteiger partial charge in [-0.25, -0.2) is 9.69 Å². The molecule has 0 radical (unpaired) electrons. The van der Waals surface area contributed by atoms with Gasteiger partial charge in [-0.05, 0) is 84.6 Å². The van der Waals surface area contributed by atoms with Gasteiger partial charge in [-0.3, -0.25) is 14.9 Å². The Morgan fingerprint density at radius 1 is 0.844 bits per heavy atom. The Labute approximate surface area is 266 Å².